The molecule has 0 radical (unpaired) electrons. The summed E-state index contributed by atoms with van der Waals surface area (Å²) in [6.45, 7) is 0. The first-order valence-corrected chi connectivity index (χ1v) is 9.36. The van der Waals surface area contributed by atoms with E-state index in [0.29, 0.717) is 22.5 Å². The molecule has 0 amide bonds. The summed E-state index contributed by atoms with van der Waals surface area (Å²) in [4.78, 5) is 18.0. The van der Waals surface area contributed by atoms with Crippen molar-refractivity contribution in [1.82, 2.24) is 4.57 Å². The minimum Gasteiger partial charge on any atom is -0.350 e. The molecule has 3 aromatic carbocycles. The summed E-state index contributed by atoms with van der Waals surface area (Å²) in [5, 5.41) is 1.02. The largest absolute Gasteiger partial charge is 0.350 e. The molecule has 4 heteroatoms. The summed E-state index contributed by atoms with van der Waals surface area (Å²) in [6.07, 6.45) is 3.83. The molecule has 0 aliphatic heterocycles. The molecule has 0 saturated heterocycles. The Balaban J connectivity index is 1.74. The van der Waals surface area contributed by atoms with Crippen molar-refractivity contribution in [2.45, 2.75) is 0 Å². The van der Waals surface area contributed by atoms with Gasteiger partial charge in [-0.25, -0.2) is 9.38 Å². The van der Waals surface area contributed by atoms with Crippen molar-refractivity contribution in [2.75, 3.05) is 0 Å². The molecule has 29 heavy (non-hydrogen) atoms. The number of fused-ring (bicyclic) bond motifs is 2. The van der Waals surface area contributed by atoms with Crippen molar-refractivity contribution >= 4 is 33.7 Å². The third kappa shape index (κ3) is 2.90. The van der Waals surface area contributed by atoms with E-state index < -0.39 is 0 Å². The minimum atomic E-state index is -0.305. The van der Waals surface area contributed by atoms with Crippen LogP contribution in [0.1, 0.15) is 21.5 Å². The third-order valence-electron chi connectivity index (χ3n) is 5.24. The highest BCUT2D eigenvalue weighted by Gasteiger charge is 2.26. The lowest BCUT2D eigenvalue weighted by molar-refractivity contribution is 0.105. The number of carbonyl (C=O) groups is 1. The zero-order chi connectivity index (χ0) is 20.0. The lowest BCUT2D eigenvalue weighted by Gasteiger charge is -2.17. The van der Waals surface area contributed by atoms with Crippen LogP contribution in [0.2, 0.25) is 0 Å². The van der Waals surface area contributed by atoms with Crippen LogP contribution in [0.4, 0.5) is 10.1 Å². The van der Waals surface area contributed by atoms with Crippen LogP contribution in [-0.2, 0) is 7.05 Å². The zero-order valence-electron chi connectivity index (χ0n) is 15.8. The van der Waals surface area contributed by atoms with E-state index in [1.165, 1.54) is 12.1 Å². The Bertz CT molecular complexity index is 1330. The Morgan fingerprint density at radius 3 is 2.31 bits per heavy atom. The molecule has 1 aliphatic rings. The molecule has 0 saturated carbocycles. The van der Waals surface area contributed by atoms with Gasteiger partial charge in [-0.05, 0) is 36.4 Å². The molecule has 140 valence electrons. The van der Waals surface area contributed by atoms with E-state index in [4.69, 9.17) is 4.99 Å². The molecule has 4 aromatic rings. The van der Waals surface area contributed by atoms with Crippen molar-refractivity contribution < 1.29 is 9.18 Å². The molecular formula is C25H17FN2O. The Labute approximate surface area is 167 Å². The predicted molar refractivity (Wildman–Crippen MR) is 114 cm³/mol. The van der Waals surface area contributed by atoms with Crippen molar-refractivity contribution in [3.63, 3.8) is 0 Å². The Kier molecular flexibility index (Phi) is 3.98. The number of allylic oxidation sites excluding steroid dienone is 2. The topological polar surface area (TPSA) is 34.4 Å². The SMILES string of the molecule is Cn1cc(C2=CC(=Nc3ccc(F)cc3)c3ccccc3C2=O)c2ccccc21. The molecule has 0 bridgehead atoms. The first kappa shape index (κ1) is 17.3. The van der Waals surface area contributed by atoms with Gasteiger partial charge in [-0.3, -0.25) is 4.79 Å². The summed E-state index contributed by atoms with van der Waals surface area (Å²) < 4.78 is 15.3. The number of aromatic nitrogens is 1. The van der Waals surface area contributed by atoms with Crippen LogP contribution < -0.4 is 0 Å². The molecule has 1 heterocycles. The Hall–Kier alpha value is -3.79. The van der Waals surface area contributed by atoms with Gasteiger partial charge in [-0.15, -0.1) is 0 Å². The van der Waals surface area contributed by atoms with E-state index in [2.05, 4.69) is 0 Å². The highest BCUT2D eigenvalue weighted by atomic mass is 19.1. The van der Waals surface area contributed by atoms with Crippen LogP contribution in [0.5, 0.6) is 0 Å². The molecule has 3 nitrogen and oxygen atoms in total. The highest BCUT2D eigenvalue weighted by molar-refractivity contribution is 6.40. The van der Waals surface area contributed by atoms with E-state index in [1.807, 2.05) is 72.4 Å². The van der Waals surface area contributed by atoms with Gasteiger partial charge >= 0.3 is 0 Å². The van der Waals surface area contributed by atoms with Gasteiger partial charge in [0.15, 0.2) is 5.78 Å². The van der Waals surface area contributed by atoms with Gasteiger partial charge in [-0.2, -0.15) is 0 Å². The summed E-state index contributed by atoms with van der Waals surface area (Å²) in [6, 6.07) is 21.5. The van der Waals surface area contributed by atoms with Crippen molar-refractivity contribution in [1.29, 1.82) is 0 Å². The molecule has 0 unspecified atom stereocenters. The van der Waals surface area contributed by atoms with Crippen molar-refractivity contribution in [3.8, 4) is 0 Å². The lowest BCUT2D eigenvalue weighted by atomic mass is 9.85. The number of aliphatic imine (C=N–C) groups is 1. The maximum atomic E-state index is 13.3. The second kappa shape index (κ2) is 6.67. The van der Waals surface area contributed by atoms with E-state index in [0.717, 1.165) is 22.0 Å². The molecule has 0 N–H and O–H groups in total. The van der Waals surface area contributed by atoms with E-state index in [1.54, 1.807) is 12.1 Å². The first-order chi connectivity index (χ1) is 14.1. The quantitative estimate of drug-likeness (QED) is 0.438. The standard InChI is InChI=1S/C25H17FN2O/c1-28-15-22(19-7-4-5-9-24(19)28)21-14-23(27-17-12-10-16(26)11-13-17)18-6-2-3-8-20(18)25(21)29/h2-15H,1H3. The molecule has 1 aromatic heterocycles. The molecule has 5 rings (SSSR count). The fraction of sp³-hybridized carbons (Fsp3) is 0.0400. The number of Topliss-reactive ketones (excluding diaryl/α,β-unsaturated/α-hetero) is 1. The number of hydrogen-bond donors (Lipinski definition) is 0. The Morgan fingerprint density at radius 2 is 1.52 bits per heavy atom. The number of ketones is 1. The number of nitrogens with zero attached hydrogens (tertiary/aromatic N) is 2. The Morgan fingerprint density at radius 1 is 0.828 bits per heavy atom. The number of carbonyl (C=O) groups excluding carboxylic acids is 1. The lowest BCUT2D eigenvalue weighted by Crippen LogP contribution is -2.16. The van der Waals surface area contributed by atoms with E-state index >= 15 is 0 Å². The van der Waals surface area contributed by atoms with Gasteiger partial charge in [0.25, 0.3) is 0 Å². The van der Waals surface area contributed by atoms with Gasteiger partial charge in [0, 0.05) is 46.4 Å². The van der Waals surface area contributed by atoms with Crippen LogP contribution in [-0.4, -0.2) is 16.1 Å². The van der Waals surface area contributed by atoms with Gasteiger partial charge in [0.1, 0.15) is 5.82 Å². The van der Waals surface area contributed by atoms with Crippen LogP contribution >= 0.6 is 0 Å². The van der Waals surface area contributed by atoms with Crippen LogP contribution in [0.15, 0.2) is 90.1 Å². The summed E-state index contributed by atoms with van der Waals surface area (Å²) in [5.74, 6) is -0.324. The summed E-state index contributed by atoms with van der Waals surface area (Å²) in [5.41, 5.74) is 5.29. The van der Waals surface area contributed by atoms with Crippen molar-refractivity contribution in [3.05, 3.63) is 108 Å². The first-order valence-electron chi connectivity index (χ1n) is 9.36. The average Bonchev–Trinajstić information content (AvgIpc) is 3.08. The smallest absolute Gasteiger partial charge is 0.194 e. The van der Waals surface area contributed by atoms with Crippen LogP contribution in [0.25, 0.3) is 16.5 Å². The number of para-hydroxylation sites is 1. The monoisotopic (exact) mass is 380 g/mol. The van der Waals surface area contributed by atoms with E-state index in [-0.39, 0.29) is 11.6 Å². The molecule has 0 spiro atoms. The summed E-state index contributed by atoms with van der Waals surface area (Å²) in [7, 11) is 1.97. The van der Waals surface area contributed by atoms with Gasteiger partial charge in [-0.1, -0.05) is 42.5 Å². The third-order valence-corrected chi connectivity index (χ3v) is 5.24. The number of hydrogen-bond acceptors (Lipinski definition) is 2. The van der Waals surface area contributed by atoms with Gasteiger partial charge in [0.2, 0.25) is 0 Å². The fourth-order valence-electron chi connectivity index (χ4n) is 3.83. The second-order valence-corrected chi connectivity index (χ2v) is 7.08. The maximum absolute atomic E-state index is 13.3. The van der Waals surface area contributed by atoms with Crippen LogP contribution in [0.3, 0.4) is 0 Å². The van der Waals surface area contributed by atoms with Crippen LogP contribution in [0, 0.1) is 5.82 Å². The highest BCUT2D eigenvalue weighted by Crippen LogP contribution is 2.34. The number of halogens is 1. The van der Waals surface area contributed by atoms with Crippen molar-refractivity contribution in [2.24, 2.45) is 12.0 Å². The second-order valence-electron chi connectivity index (χ2n) is 7.08. The number of benzene rings is 3. The fourth-order valence-corrected chi connectivity index (χ4v) is 3.83. The number of aryl methyl sites for hydroxylation is 1. The molecule has 1 aliphatic carbocycles. The van der Waals surface area contributed by atoms with Gasteiger partial charge < -0.3 is 4.57 Å². The maximum Gasteiger partial charge on any atom is 0.194 e. The predicted octanol–water partition coefficient (Wildman–Crippen LogP) is 5.72. The number of rotatable bonds is 2. The summed E-state index contributed by atoms with van der Waals surface area (Å²) >= 11 is 0. The van der Waals surface area contributed by atoms with Gasteiger partial charge in [0.05, 0.1) is 11.4 Å². The molecule has 0 fully saturated rings. The molecular weight excluding hydrogens is 363 g/mol. The normalized spacial score (nSPS) is 14.9. The van der Waals surface area contributed by atoms with E-state index in [9.17, 15) is 9.18 Å². The average molecular weight is 380 g/mol. The zero-order valence-corrected chi connectivity index (χ0v) is 15.8. The minimum absolute atomic E-state index is 0.0185. The molecule has 0 atom stereocenters.